The Bertz CT molecular complexity index is 377. The van der Waals surface area contributed by atoms with Crippen LogP contribution in [0.4, 0.5) is 0 Å². The zero-order valence-electron chi connectivity index (χ0n) is 11.5. The molecule has 1 aliphatic rings. The fraction of sp³-hybridized carbons (Fsp3) is 0.625. The van der Waals surface area contributed by atoms with Crippen LogP contribution in [-0.2, 0) is 5.41 Å². The number of hydrogen-bond donors (Lipinski definition) is 2. The van der Waals surface area contributed by atoms with Gasteiger partial charge in [-0.3, -0.25) is 0 Å². The summed E-state index contributed by atoms with van der Waals surface area (Å²) in [5.74, 6) is 0. The van der Waals surface area contributed by atoms with E-state index < -0.39 is 0 Å². The lowest BCUT2D eigenvalue weighted by atomic mass is 9.56. The standard InChI is InChI=1S/C16H25NO/c1-15(2,13-6-4-3-5-7-13)16(12-17)10-8-14(18)9-11-16/h3-7,14,18H,8-12,17H2,1-2H3. The molecule has 0 aromatic heterocycles. The molecule has 1 aromatic carbocycles. The van der Waals surface area contributed by atoms with Crippen LogP contribution in [0.3, 0.4) is 0 Å². The molecule has 0 spiro atoms. The van der Waals surface area contributed by atoms with E-state index in [1.807, 2.05) is 0 Å². The van der Waals surface area contributed by atoms with Gasteiger partial charge in [-0.2, -0.15) is 0 Å². The zero-order chi connectivity index (χ0) is 13.2. The largest absolute Gasteiger partial charge is 0.393 e. The van der Waals surface area contributed by atoms with Gasteiger partial charge in [0, 0.05) is 0 Å². The lowest BCUT2D eigenvalue weighted by Crippen LogP contribution is -2.49. The van der Waals surface area contributed by atoms with Gasteiger partial charge in [-0.1, -0.05) is 44.2 Å². The van der Waals surface area contributed by atoms with Crippen molar-refractivity contribution in [1.29, 1.82) is 0 Å². The molecule has 0 amide bonds. The van der Waals surface area contributed by atoms with Crippen molar-refractivity contribution >= 4 is 0 Å². The van der Waals surface area contributed by atoms with Crippen molar-refractivity contribution < 1.29 is 5.11 Å². The Hall–Kier alpha value is -0.860. The predicted molar refractivity (Wildman–Crippen MR) is 75.4 cm³/mol. The van der Waals surface area contributed by atoms with Crippen molar-refractivity contribution in [2.45, 2.75) is 51.0 Å². The van der Waals surface area contributed by atoms with E-state index in [9.17, 15) is 5.11 Å². The molecular formula is C16H25NO. The van der Waals surface area contributed by atoms with Crippen molar-refractivity contribution in [3.63, 3.8) is 0 Å². The van der Waals surface area contributed by atoms with Crippen LogP contribution in [0.25, 0.3) is 0 Å². The average Bonchev–Trinajstić information content (AvgIpc) is 2.41. The van der Waals surface area contributed by atoms with E-state index >= 15 is 0 Å². The molecule has 0 aliphatic heterocycles. The second-order valence-corrected chi connectivity index (χ2v) is 6.21. The predicted octanol–water partition coefficient (Wildman–Crippen LogP) is 2.84. The molecule has 2 rings (SSSR count). The van der Waals surface area contributed by atoms with E-state index in [0.29, 0.717) is 6.54 Å². The third-order valence-corrected chi connectivity index (χ3v) is 5.12. The van der Waals surface area contributed by atoms with E-state index in [-0.39, 0.29) is 16.9 Å². The fourth-order valence-electron chi connectivity index (χ4n) is 3.40. The highest BCUT2D eigenvalue weighted by molar-refractivity contribution is 5.27. The molecule has 3 N–H and O–H groups in total. The topological polar surface area (TPSA) is 46.2 Å². The molecule has 1 saturated carbocycles. The van der Waals surface area contributed by atoms with Crippen molar-refractivity contribution in [2.75, 3.05) is 6.54 Å². The Labute approximate surface area is 110 Å². The van der Waals surface area contributed by atoms with Crippen LogP contribution >= 0.6 is 0 Å². The Morgan fingerprint density at radius 1 is 1.22 bits per heavy atom. The Morgan fingerprint density at radius 2 is 1.78 bits per heavy atom. The van der Waals surface area contributed by atoms with E-state index in [1.54, 1.807) is 0 Å². The van der Waals surface area contributed by atoms with Gasteiger partial charge in [-0.15, -0.1) is 0 Å². The average molecular weight is 247 g/mol. The van der Waals surface area contributed by atoms with Crippen LogP contribution in [0.1, 0.15) is 45.1 Å². The van der Waals surface area contributed by atoms with Crippen LogP contribution in [0.2, 0.25) is 0 Å². The van der Waals surface area contributed by atoms with E-state index in [4.69, 9.17) is 5.73 Å². The molecule has 1 fully saturated rings. The quantitative estimate of drug-likeness (QED) is 0.862. The molecule has 0 heterocycles. The molecule has 0 saturated heterocycles. The first-order valence-corrected chi connectivity index (χ1v) is 6.95. The summed E-state index contributed by atoms with van der Waals surface area (Å²) in [6.45, 7) is 5.29. The molecule has 18 heavy (non-hydrogen) atoms. The normalized spacial score (nSPS) is 29.2. The molecule has 2 heteroatoms. The summed E-state index contributed by atoms with van der Waals surface area (Å²) in [7, 11) is 0. The number of aliphatic hydroxyl groups is 1. The second kappa shape index (κ2) is 5.02. The second-order valence-electron chi connectivity index (χ2n) is 6.21. The van der Waals surface area contributed by atoms with Gasteiger partial charge < -0.3 is 10.8 Å². The van der Waals surface area contributed by atoms with Gasteiger partial charge in [-0.25, -0.2) is 0 Å². The summed E-state index contributed by atoms with van der Waals surface area (Å²) >= 11 is 0. The van der Waals surface area contributed by atoms with Crippen LogP contribution in [0.15, 0.2) is 30.3 Å². The molecule has 0 bridgehead atoms. The van der Waals surface area contributed by atoms with Crippen molar-refractivity contribution in [2.24, 2.45) is 11.1 Å². The maximum Gasteiger partial charge on any atom is 0.0540 e. The minimum Gasteiger partial charge on any atom is -0.393 e. The highest BCUT2D eigenvalue weighted by Crippen LogP contribution is 2.50. The van der Waals surface area contributed by atoms with Gasteiger partial charge in [0.1, 0.15) is 0 Å². The van der Waals surface area contributed by atoms with Gasteiger partial charge in [0.05, 0.1) is 6.10 Å². The van der Waals surface area contributed by atoms with E-state index in [0.717, 1.165) is 25.7 Å². The molecule has 2 nitrogen and oxygen atoms in total. The lowest BCUT2D eigenvalue weighted by Gasteiger charge is -2.50. The first-order valence-electron chi connectivity index (χ1n) is 6.95. The smallest absolute Gasteiger partial charge is 0.0540 e. The SMILES string of the molecule is CC(C)(c1ccccc1)C1(CN)CCC(O)CC1. The summed E-state index contributed by atoms with van der Waals surface area (Å²) in [5, 5.41) is 9.73. The zero-order valence-corrected chi connectivity index (χ0v) is 11.5. The maximum atomic E-state index is 9.73. The maximum absolute atomic E-state index is 9.73. The monoisotopic (exact) mass is 247 g/mol. The summed E-state index contributed by atoms with van der Waals surface area (Å²) in [5.41, 5.74) is 7.66. The van der Waals surface area contributed by atoms with Crippen LogP contribution in [0, 0.1) is 5.41 Å². The van der Waals surface area contributed by atoms with E-state index in [2.05, 4.69) is 44.2 Å². The molecule has 0 atom stereocenters. The minimum absolute atomic E-state index is 0.0587. The van der Waals surface area contributed by atoms with Gasteiger partial charge >= 0.3 is 0 Å². The van der Waals surface area contributed by atoms with Crippen molar-refractivity contribution in [3.8, 4) is 0 Å². The van der Waals surface area contributed by atoms with Crippen molar-refractivity contribution in [3.05, 3.63) is 35.9 Å². The van der Waals surface area contributed by atoms with Gasteiger partial charge in [0.2, 0.25) is 0 Å². The number of rotatable bonds is 3. The summed E-state index contributed by atoms with van der Waals surface area (Å²) in [4.78, 5) is 0. The van der Waals surface area contributed by atoms with Crippen LogP contribution < -0.4 is 5.73 Å². The Kier molecular flexibility index (Phi) is 3.79. The number of hydrogen-bond acceptors (Lipinski definition) is 2. The minimum atomic E-state index is -0.128. The highest BCUT2D eigenvalue weighted by Gasteiger charge is 2.46. The summed E-state index contributed by atoms with van der Waals surface area (Å²) in [6, 6.07) is 10.6. The Balaban J connectivity index is 2.32. The number of benzene rings is 1. The van der Waals surface area contributed by atoms with Gasteiger partial charge in [0.15, 0.2) is 0 Å². The molecule has 1 aliphatic carbocycles. The molecule has 0 unspecified atom stereocenters. The molecule has 1 aromatic rings. The molecule has 100 valence electrons. The number of nitrogens with two attached hydrogens (primary N) is 1. The lowest BCUT2D eigenvalue weighted by molar-refractivity contribution is 0.0244. The van der Waals surface area contributed by atoms with Crippen LogP contribution in [0.5, 0.6) is 0 Å². The summed E-state index contributed by atoms with van der Waals surface area (Å²) < 4.78 is 0. The van der Waals surface area contributed by atoms with E-state index in [1.165, 1.54) is 5.56 Å². The molecule has 0 radical (unpaired) electrons. The fourth-order valence-corrected chi connectivity index (χ4v) is 3.40. The third-order valence-electron chi connectivity index (χ3n) is 5.12. The van der Waals surface area contributed by atoms with Gasteiger partial charge in [0.25, 0.3) is 0 Å². The van der Waals surface area contributed by atoms with Gasteiger partial charge in [-0.05, 0) is 48.6 Å². The highest BCUT2D eigenvalue weighted by atomic mass is 16.3. The number of aliphatic hydroxyl groups excluding tert-OH is 1. The summed E-state index contributed by atoms with van der Waals surface area (Å²) in [6.07, 6.45) is 3.68. The van der Waals surface area contributed by atoms with Crippen LogP contribution in [-0.4, -0.2) is 17.8 Å². The first kappa shape index (κ1) is 13.6. The Morgan fingerprint density at radius 3 is 2.28 bits per heavy atom. The molecular weight excluding hydrogens is 222 g/mol. The first-order chi connectivity index (χ1) is 8.52. The van der Waals surface area contributed by atoms with Crippen molar-refractivity contribution in [1.82, 2.24) is 0 Å². The third kappa shape index (κ3) is 2.19.